The molecule has 1 saturated carbocycles. The fraction of sp³-hybridized carbons (Fsp3) is 1.00. The van der Waals surface area contributed by atoms with E-state index in [0.29, 0.717) is 5.41 Å². The van der Waals surface area contributed by atoms with E-state index in [1.807, 2.05) is 0 Å². The summed E-state index contributed by atoms with van der Waals surface area (Å²) in [5, 5.41) is 0. The molecule has 1 heterocycles. The quantitative estimate of drug-likeness (QED) is 0.580. The van der Waals surface area contributed by atoms with Crippen molar-refractivity contribution in [2.75, 3.05) is 19.6 Å². The van der Waals surface area contributed by atoms with Crippen LogP contribution in [0.5, 0.6) is 0 Å². The topological polar surface area (TPSA) is 3.24 Å². The van der Waals surface area contributed by atoms with E-state index in [4.69, 9.17) is 0 Å². The van der Waals surface area contributed by atoms with E-state index in [9.17, 15) is 0 Å². The molecule has 1 aliphatic heterocycles. The van der Waals surface area contributed by atoms with Crippen molar-refractivity contribution in [3.05, 3.63) is 0 Å². The Hall–Kier alpha value is -0.0400. The van der Waals surface area contributed by atoms with Gasteiger partial charge in [0.15, 0.2) is 0 Å². The van der Waals surface area contributed by atoms with E-state index in [1.165, 1.54) is 38.9 Å². The molecule has 1 spiro atoms. The van der Waals surface area contributed by atoms with Gasteiger partial charge in [0.05, 0.1) is 0 Å². The van der Waals surface area contributed by atoms with Gasteiger partial charge in [-0.2, -0.15) is 0 Å². The summed E-state index contributed by atoms with van der Waals surface area (Å²) < 4.78 is 0. The van der Waals surface area contributed by atoms with Gasteiger partial charge in [0, 0.05) is 6.54 Å². The molecular weight excluding hydrogens is 146 g/mol. The van der Waals surface area contributed by atoms with Crippen LogP contribution < -0.4 is 0 Å². The normalized spacial score (nSPS) is 40.2. The van der Waals surface area contributed by atoms with Crippen molar-refractivity contribution >= 4 is 0 Å². The molecule has 1 saturated heterocycles. The molecule has 1 aliphatic carbocycles. The first-order valence-corrected chi connectivity index (χ1v) is 5.32. The number of hydrogen-bond acceptors (Lipinski definition) is 1. The van der Waals surface area contributed by atoms with E-state index in [0.717, 1.165) is 5.41 Å². The highest BCUT2D eigenvalue weighted by atomic mass is 15.1. The second kappa shape index (κ2) is 2.47. The zero-order valence-electron chi connectivity index (χ0n) is 8.69. The van der Waals surface area contributed by atoms with E-state index >= 15 is 0 Å². The monoisotopic (exact) mass is 167 g/mol. The third-order valence-corrected chi connectivity index (χ3v) is 4.19. The first kappa shape index (κ1) is 8.55. The molecule has 1 heteroatoms. The second-order valence-corrected chi connectivity index (χ2v) is 5.31. The highest BCUT2D eigenvalue weighted by molar-refractivity contribution is 5.11. The summed E-state index contributed by atoms with van der Waals surface area (Å²) in [5.41, 5.74) is 1.38. The maximum atomic E-state index is 2.62. The smallest absolute Gasteiger partial charge is 0.00432 e. The van der Waals surface area contributed by atoms with Gasteiger partial charge < -0.3 is 4.90 Å². The lowest BCUT2D eigenvalue weighted by atomic mass is 9.87. The molecule has 0 aromatic rings. The highest BCUT2D eigenvalue weighted by Gasteiger charge is 2.61. The molecule has 0 amide bonds. The van der Waals surface area contributed by atoms with Crippen LogP contribution in [0.4, 0.5) is 0 Å². The van der Waals surface area contributed by atoms with Gasteiger partial charge >= 0.3 is 0 Å². The van der Waals surface area contributed by atoms with Gasteiger partial charge in [-0.15, -0.1) is 0 Å². The van der Waals surface area contributed by atoms with Crippen LogP contribution in [0.3, 0.4) is 0 Å². The molecule has 0 aromatic carbocycles. The van der Waals surface area contributed by atoms with Crippen molar-refractivity contribution < 1.29 is 0 Å². The van der Waals surface area contributed by atoms with Gasteiger partial charge in [-0.25, -0.2) is 0 Å². The number of nitrogens with zero attached hydrogens (tertiary/aromatic N) is 1. The summed E-state index contributed by atoms with van der Waals surface area (Å²) in [5.74, 6) is 0. The Bertz CT molecular complexity index is 185. The van der Waals surface area contributed by atoms with Crippen molar-refractivity contribution in [1.82, 2.24) is 4.90 Å². The SMILES string of the molecule is CCN1CCCC2(C1)CC2(C)C. The van der Waals surface area contributed by atoms with E-state index in [-0.39, 0.29) is 0 Å². The third-order valence-electron chi connectivity index (χ3n) is 4.19. The van der Waals surface area contributed by atoms with Gasteiger partial charge in [0.1, 0.15) is 0 Å². The second-order valence-electron chi connectivity index (χ2n) is 5.31. The lowest BCUT2D eigenvalue weighted by Gasteiger charge is -2.34. The molecule has 1 nitrogen and oxygen atoms in total. The lowest BCUT2D eigenvalue weighted by Crippen LogP contribution is -2.38. The number of likely N-dealkylation sites (tertiary alicyclic amines) is 1. The molecule has 0 bridgehead atoms. The number of rotatable bonds is 1. The maximum Gasteiger partial charge on any atom is 0.00432 e. The Morgan fingerprint density at radius 1 is 1.33 bits per heavy atom. The minimum atomic E-state index is 0.654. The van der Waals surface area contributed by atoms with Crippen molar-refractivity contribution in [1.29, 1.82) is 0 Å². The van der Waals surface area contributed by atoms with Gasteiger partial charge in [-0.1, -0.05) is 20.8 Å². The predicted octanol–water partition coefficient (Wildman–Crippen LogP) is 2.52. The predicted molar refractivity (Wildman–Crippen MR) is 52.2 cm³/mol. The molecule has 70 valence electrons. The summed E-state index contributed by atoms with van der Waals surface area (Å²) in [6, 6.07) is 0. The van der Waals surface area contributed by atoms with Gasteiger partial charge in [0.2, 0.25) is 0 Å². The van der Waals surface area contributed by atoms with Crippen LogP contribution in [0.25, 0.3) is 0 Å². The molecule has 2 rings (SSSR count). The maximum absolute atomic E-state index is 2.62. The van der Waals surface area contributed by atoms with Crippen LogP contribution in [0.2, 0.25) is 0 Å². The van der Waals surface area contributed by atoms with Gasteiger partial charge in [-0.05, 0) is 43.2 Å². The summed E-state index contributed by atoms with van der Waals surface area (Å²) in [4.78, 5) is 2.62. The van der Waals surface area contributed by atoms with Crippen molar-refractivity contribution in [2.45, 2.75) is 40.0 Å². The molecule has 1 atom stereocenters. The molecule has 2 fully saturated rings. The molecule has 12 heavy (non-hydrogen) atoms. The average molecular weight is 167 g/mol. The summed E-state index contributed by atoms with van der Waals surface area (Å²) >= 11 is 0. The average Bonchev–Trinajstić information content (AvgIpc) is 2.52. The molecule has 0 aromatic heterocycles. The van der Waals surface area contributed by atoms with Crippen molar-refractivity contribution in [3.8, 4) is 0 Å². The van der Waals surface area contributed by atoms with E-state index in [2.05, 4.69) is 25.7 Å². The lowest BCUT2D eigenvalue weighted by molar-refractivity contribution is 0.142. The summed E-state index contributed by atoms with van der Waals surface area (Å²) in [6.07, 6.45) is 4.38. The summed E-state index contributed by atoms with van der Waals surface area (Å²) in [7, 11) is 0. The highest BCUT2D eigenvalue weighted by Crippen LogP contribution is 2.67. The largest absolute Gasteiger partial charge is 0.303 e. The van der Waals surface area contributed by atoms with Gasteiger partial charge in [-0.3, -0.25) is 0 Å². The molecule has 0 N–H and O–H groups in total. The van der Waals surface area contributed by atoms with Crippen molar-refractivity contribution in [3.63, 3.8) is 0 Å². The Morgan fingerprint density at radius 3 is 2.50 bits per heavy atom. The molecule has 0 radical (unpaired) electrons. The third kappa shape index (κ3) is 1.10. The van der Waals surface area contributed by atoms with E-state index < -0.39 is 0 Å². The zero-order valence-corrected chi connectivity index (χ0v) is 8.69. The van der Waals surface area contributed by atoms with Crippen LogP contribution in [0.15, 0.2) is 0 Å². The standard InChI is InChI=1S/C11H21N/c1-4-12-7-5-6-11(9-12)8-10(11,2)3/h4-9H2,1-3H3. The minimum Gasteiger partial charge on any atom is -0.303 e. The fourth-order valence-corrected chi connectivity index (χ4v) is 3.00. The number of hydrogen-bond donors (Lipinski definition) is 0. The Labute approximate surface area is 76.1 Å². The van der Waals surface area contributed by atoms with Crippen LogP contribution in [-0.2, 0) is 0 Å². The number of piperidine rings is 1. The van der Waals surface area contributed by atoms with Crippen LogP contribution >= 0.6 is 0 Å². The first-order chi connectivity index (χ1) is 5.60. The Morgan fingerprint density at radius 2 is 2.00 bits per heavy atom. The van der Waals surface area contributed by atoms with Crippen molar-refractivity contribution in [2.24, 2.45) is 10.8 Å². The molecule has 2 aliphatic rings. The summed E-state index contributed by atoms with van der Waals surface area (Å²) in [6.45, 7) is 11.1. The zero-order chi connectivity index (χ0) is 8.82. The van der Waals surface area contributed by atoms with Gasteiger partial charge in [0.25, 0.3) is 0 Å². The van der Waals surface area contributed by atoms with Crippen LogP contribution in [0.1, 0.15) is 40.0 Å². The fourth-order valence-electron chi connectivity index (χ4n) is 3.00. The van der Waals surface area contributed by atoms with E-state index in [1.54, 1.807) is 0 Å². The molecule has 1 unspecified atom stereocenters. The minimum absolute atomic E-state index is 0.654. The molecular formula is C11H21N. The Kier molecular flexibility index (Phi) is 1.76. The Balaban J connectivity index is 2.01. The van der Waals surface area contributed by atoms with Crippen LogP contribution in [-0.4, -0.2) is 24.5 Å². The van der Waals surface area contributed by atoms with Crippen LogP contribution in [0, 0.1) is 10.8 Å². The first-order valence-electron chi connectivity index (χ1n) is 5.32.